The maximum atomic E-state index is 14.2. The molecule has 3 aromatic carbocycles. The molecule has 0 radical (unpaired) electrons. The number of Topliss-reactive ketones (excluding diaryl/α,β-unsaturated/α-hetero) is 1. The van der Waals surface area contributed by atoms with Crippen molar-refractivity contribution in [3.05, 3.63) is 101 Å². The van der Waals surface area contributed by atoms with Crippen molar-refractivity contribution in [2.45, 2.75) is 84.7 Å². The van der Waals surface area contributed by atoms with Crippen molar-refractivity contribution < 1.29 is 29.0 Å². The third-order valence-electron chi connectivity index (χ3n) is 7.21. The van der Waals surface area contributed by atoms with Crippen molar-refractivity contribution >= 4 is 29.4 Å². The molecule has 9 heteroatoms. The van der Waals surface area contributed by atoms with Gasteiger partial charge in [0.25, 0.3) is 0 Å². The van der Waals surface area contributed by atoms with Crippen LogP contribution >= 0.6 is 0 Å². The molecule has 2 unspecified atom stereocenters. The van der Waals surface area contributed by atoms with Crippen molar-refractivity contribution in [2.24, 2.45) is 0 Å². The Morgan fingerprint density at radius 3 is 2.23 bits per heavy atom. The second kappa shape index (κ2) is 17.0. The quantitative estimate of drug-likeness (QED) is 0.224. The van der Waals surface area contributed by atoms with Gasteiger partial charge in [0.2, 0.25) is 5.91 Å². The van der Waals surface area contributed by atoms with Gasteiger partial charge in [-0.2, -0.15) is 0 Å². The Bertz CT molecular complexity index is 1410. The Kier molecular flexibility index (Phi) is 13.1. The van der Waals surface area contributed by atoms with Gasteiger partial charge in [-0.25, -0.2) is 4.79 Å². The predicted octanol–water partition coefficient (Wildman–Crippen LogP) is 6.22. The first-order valence-corrected chi connectivity index (χ1v) is 15.1. The number of ether oxygens (including phenoxy) is 1. The van der Waals surface area contributed by atoms with Crippen LogP contribution in [0.25, 0.3) is 0 Å². The van der Waals surface area contributed by atoms with E-state index in [1.807, 2.05) is 61.5 Å². The Morgan fingerprint density at radius 1 is 0.932 bits per heavy atom. The number of carboxylic acids is 1. The minimum absolute atomic E-state index is 0.141. The smallest absolute Gasteiger partial charge is 0.319 e. The van der Waals surface area contributed by atoms with Crippen LogP contribution in [0.1, 0.15) is 74.0 Å². The zero-order valence-electron chi connectivity index (χ0n) is 25.9. The molecule has 3 amide bonds. The molecule has 44 heavy (non-hydrogen) atoms. The maximum absolute atomic E-state index is 14.2. The molecule has 0 fully saturated rings. The summed E-state index contributed by atoms with van der Waals surface area (Å²) in [5, 5.41) is 15.1. The predicted molar refractivity (Wildman–Crippen MR) is 170 cm³/mol. The summed E-state index contributed by atoms with van der Waals surface area (Å²) < 4.78 is 6.19. The minimum Gasteiger partial charge on any atom is -0.481 e. The third-order valence-corrected chi connectivity index (χ3v) is 7.21. The summed E-state index contributed by atoms with van der Waals surface area (Å²) in [4.78, 5) is 52.5. The number of rotatable bonds is 11. The van der Waals surface area contributed by atoms with Gasteiger partial charge < -0.3 is 25.4 Å². The Hall–Kier alpha value is -4.50. The van der Waals surface area contributed by atoms with E-state index in [0.717, 1.165) is 16.7 Å². The summed E-state index contributed by atoms with van der Waals surface area (Å²) >= 11 is 0. The number of aliphatic carboxylic acids is 1. The monoisotopic (exact) mass is 601 g/mol. The molecule has 0 saturated heterocycles. The number of benzene rings is 3. The van der Waals surface area contributed by atoms with Crippen molar-refractivity contribution in [1.29, 1.82) is 0 Å². The molecule has 234 valence electrons. The first kappa shape index (κ1) is 34.0. The van der Waals surface area contributed by atoms with E-state index >= 15 is 0 Å². The van der Waals surface area contributed by atoms with Gasteiger partial charge in [-0.15, -0.1) is 0 Å². The van der Waals surface area contributed by atoms with Gasteiger partial charge in [0.05, 0.1) is 19.1 Å². The van der Waals surface area contributed by atoms with Crippen LogP contribution in [0.5, 0.6) is 0 Å². The van der Waals surface area contributed by atoms with Crippen molar-refractivity contribution in [3.63, 3.8) is 0 Å². The Labute approximate surface area is 259 Å². The molecule has 1 aliphatic heterocycles. The molecule has 0 spiro atoms. The number of nitrogens with zero attached hydrogens (tertiary/aromatic N) is 1. The maximum Gasteiger partial charge on any atom is 0.319 e. The van der Waals surface area contributed by atoms with E-state index in [2.05, 4.69) is 24.5 Å². The molecule has 9 nitrogen and oxygen atoms in total. The van der Waals surface area contributed by atoms with Gasteiger partial charge in [-0.05, 0) is 48.6 Å². The van der Waals surface area contributed by atoms with E-state index in [1.54, 1.807) is 29.2 Å². The van der Waals surface area contributed by atoms with Crippen molar-refractivity contribution in [2.75, 3.05) is 5.32 Å². The summed E-state index contributed by atoms with van der Waals surface area (Å²) in [6.45, 7) is 8.01. The molecule has 0 aliphatic carbocycles. The van der Waals surface area contributed by atoms with E-state index in [-0.39, 0.29) is 25.4 Å². The van der Waals surface area contributed by atoms with Gasteiger partial charge >= 0.3 is 12.0 Å². The average Bonchev–Trinajstić information content (AvgIpc) is 3.01. The summed E-state index contributed by atoms with van der Waals surface area (Å²) in [6, 6.07) is 21.4. The van der Waals surface area contributed by atoms with E-state index < -0.39 is 36.1 Å². The summed E-state index contributed by atoms with van der Waals surface area (Å²) in [5.41, 5.74) is 3.69. The molecule has 4 rings (SSSR count). The number of carboxylic acid groups (broad SMARTS) is 1. The lowest BCUT2D eigenvalue weighted by Gasteiger charge is -2.39. The second-order valence-electron chi connectivity index (χ2n) is 10.9. The molecular weight excluding hydrogens is 558 g/mol. The fourth-order valence-corrected chi connectivity index (χ4v) is 5.07. The summed E-state index contributed by atoms with van der Waals surface area (Å²) in [7, 11) is 0. The number of anilines is 1. The number of nitrogens with one attached hydrogen (secondary N) is 2. The van der Waals surface area contributed by atoms with E-state index in [9.17, 15) is 24.3 Å². The Morgan fingerprint density at radius 2 is 1.59 bits per heavy atom. The summed E-state index contributed by atoms with van der Waals surface area (Å²) in [5.74, 6) is -1.57. The SMILES string of the molecule is CCC.CCC(OCc1ccccc1)C(NC(=O)Nc1cccc(C(C)=O)c1)C(=O)N1Cc2ccccc2C[C@@H]1CC(=O)O. The molecule has 1 heterocycles. The van der Waals surface area contributed by atoms with Gasteiger partial charge in [-0.1, -0.05) is 93.9 Å². The van der Waals surface area contributed by atoms with E-state index in [0.29, 0.717) is 24.1 Å². The highest BCUT2D eigenvalue weighted by molar-refractivity contribution is 5.98. The fourth-order valence-electron chi connectivity index (χ4n) is 5.07. The zero-order chi connectivity index (χ0) is 32.1. The van der Waals surface area contributed by atoms with Gasteiger partial charge in [-0.3, -0.25) is 14.4 Å². The van der Waals surface area contributed by atoms with Gasteiger partial charge in [0.15, 0.2) is 5.78 Å². The third kappa shape index (κ3) is 9.77. The first-order valence-electron chi connectivity index (χ1n) is 15.1. The lowest BCUT2D eigenvalue weighted by atomic mass is 9.91. The van der Waals surface area contributed by atoms with Crippen LogP contribution in [0, 0.1) is 0 Å². The molecule has 0 bridgehead atoms. The number of hydrogen-bond donors (Lipinski definition) is 3. The van der Waals surface area contributed by atoms with Crippen LogP contribution in [-0.4, -0.2) is 51.9 Å². The topological polar surface area (TPSA) is 125 Å². The van der Waals surface area contributed by atoms with Crippen LogP contribution in [0.15, 0.2) is 78.9 Å². The highest BCUT2D eigenvalue weighted by Crippen LogP contribution is 2.27. The largest absolute Gasteiger partial charge is 0.481 e. The number of carbonyl (C=O) groups excluding carboxylic acids is 3. The molecule has 0 aromatic heterocycles. The molecule has 0 saturated carbocycles. The highest BCUT2D eigenvalue weighted by atomic mass is 16.5. The standard InChI is InChI=1S/C32H35N3O6.C3H8/c1-3-28(41-20-22-10-5-4-6-11-22)30(34-32(40)33-26-15-9-14-23(16-26)21(2)36)31(39)35-19-25-13-8-7-12-24(25)17-27(35)18-29(37)38;1-3-2/h4-16,27-28,30H,3,17-20H2,1-2H3,(H,37,38)(H2,33,34,40);3H2,1-2H3/t27-,28?,30?;/m1./s1. The van der Waals surface area contributed by atoms with Crippen LogP contribution < -0.4 is 10.6 Å². The fraction of sp³-hybridized carbons (Fsp3) is 0.371. The second-order valence-corrected chi connectivity index (χ2v) is 10.9. The van der Waals surface area contributed by atoms with Gasteiger partial charge in [0.1, 0.15) is 6.04 Å². The van der Waals surface area contributed by atoms with Crippen molar-refractivity contribution in [1.82, 2.24) is 10.2 Å². The molecular formula is C35H43N3O6. The number of urea groups is 1. The molecule has 3 N–H and O–H groups in total. The van der Waals surface area contributed by atoms with Crippen LogP contribution in [0.4, 0.5) is 10.5 Å². The van der Waals surface area contributed by atoms with Gasteiger partial charge in [0, 0.05) is 23.8 Å². The number of carbonyl (C=O) groups is 4. The van der Waals surface area contributed by atoms with Crippen LogP contribution in [-0.2, 0) is 33.9 Å². The average molecular weight is 602 g/mol. The molecule has 3 atom stereocenters. The lowest BCUT2D eigenvalue weighted by molar-refractivity contribution is -0.145. The number of hydrogen-bond acceptors (Lipinski definition) is 5. The number of fused-ring (bicyclic) bond motifs is 1. The van der Waals surface area contributed by atoms with Crippen molar-refractivity contribution in [3.8, 4) is 0 Å². The number of ketones is 1. The highest BCUT2D eigenvalue weighted by Gasteiger charge is 2.39. The molecule has 1 aliphatic rings. The Balaban J connectivity index is 0.00000169. The normalized spacial score (nSPS) is 15.1. The molecule has 3 aromatic rings. The number of amides is 3. The first-order chi connectivity index (χ1) is 21.2. The minimum atomic E-state index is -1.10. The van der Waals surface area contributed by atoms with E-state index in [1.165, 1.54) is 13.3 Å². The lowest BCUT2D eigenvalue weighted by Crippen LogP contribution is -2.58. The van der Waals surface area contributed by atoms with Crippen LogP contribution in [0.2, 0.25) is 0 Å². The zero-order valence-corrected chi connectivity index (χ0v) is 25.9. The van der Waals surface area contributed by atoms with E-state index in [4.69, 9.17) is 4.74 Å². The van der Waals surface area contributed by atoms with Crippen LogP contribution in [0.3, 0.4) is 0 Å². The summed E-state index contributed by atoms with van der Waals surface area (Å²) in [6.07, 6.45) is 1.14.